The summed E-state index contributed by atoms with van der Waals surface area (Å²) in [5, 5.41) is 0. The number of benzene rings is 3. The van der Waals surface area contributed by atoms with E-state index in [2.05, 4.69) is 0 Å². The Balaban J connectivity index is 1.64. The molecule has 0 aliphatic carbocycles. The van der Waals surface area contributed by atoms with Crippen molar-refractivity contribution in [3.05, 3.63) is 82.4 Å². The first-order valence-electron chi connectivity index (χ1n) is 11.4. The van der Waals surface area contributed by atoms with E-state index in [0.717, 1.165) is 5.56 Å². The van der Waals surface area contributed by atoms with Gasteiger partial charge in [0.05, 0.1) is 26.9 Å². The Morgan fingerprint density at radius 2 is 1.33 bits per heavy atom. The highest BCUT2D eigenvalue weighted by Crippen LogP contribution is 2.35. The van der Waals surface area contributed by atoms with Gasteiger partial charge in [0.2, 0.25) is 11.6 Å². The van der Waals surface area contributed by atoms with Gasteiger partial charge in [0.25, 0.3) is 0 Å². The third-order valence-corrected chi connectivity index (χ3v) is 5.89. The molecule has 1 aliphatic heterocycles. The number of ether oxygens (including phenoxy) is 5. The zero-order valence-electron chi connectivity index (χ0n) is 20.3. The van der Waals surface area contributed by atoms with Gasteiger partial charge in [0.15, 0.2) is 11.5 Å². The second kappa shape index (κ2) is 10.9. The zero-order valence-corrected chi connectivity index (χ0v) is 20.3. The molecule has 8 nitrogen and oxygen atoms in total. The van der Waals surface area contributed by atoms with Crippen LogP contribution in [0.4, 0.5) is 0 Å². The van der Waals surface area contributed by atoms with Crippen molar-refractivity contribution in [2.24, 2.45) is 0 Å². The topological polar surface area (TPSA) is 97.4 Å². The molecule has 0 unspecified atom stereocenters. The standard InChI is InChI=1S/C28H26O8/c1-32-21-12-20(13-22(15-21)33-2)26(29)27(30)23-16-25-24(35-10-11-36-25)14-19(23)9-6-17-4-7-18(8-5-17)28(31)34-3/h4-5,7-8,12-16H,6,9-11H2,1-3H3. The van der Waals surface area contributed by atoms with Crippen molar-refractivity contribution in [3.63, 3.8) is 0 Å². The van der Waals surface area contributed by atoms with Crippen molar-refractivity contribution in [1.29, 1.82) is 0 Å². The minimum atomic E-state index is -0.687. The molecule has 3 aromatic carbocycles. The van der Waals surface area contributed by atoms with Crippen molar-refractivity contribution in [3.8, 4) is 23.0 Å². The predicted octanol–water partition coefficient (Wildman–Crippen LogP) is 4.11. The summed E-state index contributed by atoms with van der Waals surface area (Å²) in [5.74, 6) is 0.00238. The van der Waals surface area contributed by atoms with Crippen LogP contribution < -0.4 is 18.9 Å². The average molecular weight is 491 g/mol. The fraction of sp³-hybridized carbons (Fsp3) is 0.250. The Morgan fingerprint density at radius 1 is 0.722 bits per heavy atom. The van der Waals surface area contributed by atoms with Crippen molar-refractivity contribution >= 4 is 17.5 Å². The van der Waals surface area contributed by atoms with Gasteiger partial charge in [0.1, 0.15) is 24.7 Å². The van der Waals surface area contributed by atoms with Crippen LogP contribution in [0.3, 0.4) is 0 Å². The lowest BCUT2D eigenvalue weighted by molar-refractivity contribution is 0.0600. The maximum Gasteiger partial charge on any atom is 0.337 e. The fourth-order valence-corrected chi connectivity index (χ4v) is 3.95. The number of hydrogen-bond acceptors (Lipinski definition) is 8. The number of ketones is 2. The Hall–Kier alpha value is -4.33. The predicted molar refractivity (Wildman–Crippen MR) is 131 cm³/mol. The summed E-state index contributed by atoms with van der Waals surface area (Å²) in [4.78, 5) is 38.4. The molecule has 0 N–H and O–H groups in total. The molecule has 1 heterocycles. The van der Waals surface area contributed by atoms with E-state index in [9.17, 15) is 14.4 Å². The first-order valence-corrected chi connectivity index (χ1v) is 11.4. The Morgan fingerprint density at radius 3 is 1.92 bits per heavy atom. The van der Waals surface area contributed by atoms with Gasteiger partial charge in [-0.25, -0.2) is 4.79 Å². The monoisotopic (exact) mass is 490 g/mol. The van der Waals surface area contributed by atoms with Crippen LogP contribution in [0.25, 0.3) is 0 Å². The summed E-state index contributed by atoms with van der Waals surface area (Å²) in [7, 11) is 4.28. The second-order valence-electron chi connectivity index (χ2n) is 8.10. The molecule has 186 valence electrons. The quantitative estimate of drug-likeness (QED) is 0.251. The van der Waals surface area contributed by atoms with Gasteiger partial charge in [-0.2, -0.15) is 0 Å². The van der Waals surface area contributed by atoms with Crippen LogP contribution in [0.5, 0.6) is 23.0 Å². The molecule has 36 heavy (non-hydrogen) atoms. The van der Waals surface area contributed by atoms with Crippen molar-refractivity contribution in [2.75, 3.05) is 34.5 Å². The van der Waals surface area contributed by atoms with E-state index in [-0.39, 0.29) is 11.1 Å². The van der Waals surface area contributed by atoms with Crippen LogP contribution in [0.1, 0.15) is 42.2 Å². The van der Waals surface area contributed by atoms with Crippen LogP contribution in [0.2, 0.25) is 0 Å². The minimum absolute atomic E-state index is 0.162. The number of Topliss-reactive ketones (excluding diaryl/α,β-unsaturated/α-hetero) is 2. The number of hydrogen-bond donors (Lipinski definition) is 0. The van der Waals surface area contributed by atoms with Gasteiger partial charge in [-0.1, -0.05) is 12.1 Å². The summed E-state index contributed by atoms with van der Waals surface area (Å²) in [6.07, 6.45) is 1.03. The molecular weight excluding hydrogens is 464 g/mol. The van der Waals surface area contributed by atoms with Gasteiger partial charge in [-0.05, 0) is 60.4 Å². The number of fused-ring (bicyclic) bond motifs is 1. The Kier molecular flexibility index (Phi) is 7.53. The highest BCUT2D eigenvalue weighted by atomic mass is 16.6. The number of methoxy groups -OCH3 is 3. The van der Waals surface area contributed by atoms with E-state index in [1.54, 1.807) is 30.3 Å². The van der Waals surface area contributed by atoms with Crippen LogP contribution >= 0.6 is 0 Å². The van der Waals surface area contributed by atoms with Crippen LogP contribution in [-0.2, 0) is 17.6 Å². The molecule has 8 heteroatoms. The van der Waals surface area contributed by atoms with E-state index in [1.165, 1.54) is 33.5 Å². The van der Waals surface area contributed by atoms with E-state index in [4.69, 9.17) is 23.7 Å². The number of carbonyl (C=O) groups excluding carboxylic acids is 3. The van der Waals surface area contributed by atoms with Crippen LogP contribution in [0.15, 0.2) is 54.6 Å². The highest BCUT2D eigenvalue weighted by Gasteiger charge is 2.26. The first kappa shape index (κ1) is 24.8. The maximum atomic E-state index is 13.4. The van der Waals surface area contributed by atoms with Crippen LogP contribution in [-0.4, -0.2) is 52.1 Å². The molecule has 0 atom stereocenters. The summed E-state index contributed by atoms with van der Waals surface area (Å²) >= 11 is 0. The largest absolute Gasteiger partial charge is 0.497 e. The summed E-state index contributed by atoms with van der Waals surface area (Å²) in [6, 6.07) is 15.0. The summed E-state index contributed by atoms with van der Waals surface area (Å²) in [5.41, 5.74) is 2.48. The normalized spacial score (nSPS) is 12.0. The SMILES string of the molecule is COC(=O)c1ccc(CCc2cc3c(cc2C(=O)C(=O)c2cc(OC)cc(OC)c2)OCCO3)cc1. The Labute approximate surface area is 208 Å². The molecular formula is C28H26O8. The van der Waals surface area contributed by atoms with E-state index >= 15 is 0 Å². The second-order valence-corrected chi connectivity index (χ2v) is 8.10. The molecule has 0 radical (unpaired) electrons. The molecule has 0 spiro atoms. The van der Waals surface area contributed by atoms with E-state index < -0.39 is 17.5 Å². The fourth-order valence-electron chi connectivity index (χ4n) is 3.95. The third kappa shape index (κ3) is 5.33. The van der Waals surface area contributed by atoms with Gasteiger partial charge in [0, 0.05) is 17.2 Å². The maximum absolute atomic E-state index is 13.4. The van der Waals surface area contributed by atoms with Crippen molar-refractivity contribution < 1.29 is 38.1 Å². The number of esters is 1. The molecule has 0 amide bonds. The van der Waals surface area contributed by atoms with Gasteiger partial charge in [-0.3, -0.25) is 9.59 Å². The molecule has 0 fully saturated rings. The number of carbonyl (C=O) groups is 3. The van der Waals surface area contributed by atoms with Crippen molar-refractivity contribution in [2.45, 2.75) is 12.8 Å². The molecule has 4 rings (SSSR count). The number of aryl methyl sites for hydroxylation is 2. The van der Waals surface area contributed by atoms with Gasteiger partial charge < -0.3 is 23.7 Å². The lowest BCUT2D eigenvalue weighted by Crippen LogP contribution is -2.20. The van der Waals surface area contributed by atoms with E-state index in [0.29, 0.717) is 60.2 Å². The lowest BCUT2D eigenvalue weighted by Gasteiger charge is -2.21. The highest BCUT2D eigenvalue weighted by molar-refractivity contribution is 6.49. The summed E-state index contributed by atoms with van der Waals surface area (Å²) < 4.78 is 26.6. The third-order valence-electron chi connectivity index (χ3n) is 5.89. The van der Waals surface area contributed by atoms with E-state index in [1.807, 2.05) is 12.1 Å². The van der Waals surface area contributed by atoms with Gasteiger partial charge in [-0.15, -0.1) is 0 Å². The summed E-state index contributed by atoms with van der Waals surface area (Å²) in [6.45, 7) is 0.755. The van der Waals surface area contributed by atoms with Crippen LogP contribution in [0, 0.1) is 0 Å². The minimum Gasteiger partial charge on any atom is -0.497 e. The average Bonchev–Trinajstić information content (AvgIpc) is 2.94. The Bertz CT molecular complexity index is 1270. The molecule has 0 saturated heterocycles. The molecule has 0 saturated carbocycles. The molecule has 0 aromatic heterocycles. The molecule has 3 aromatic rings. The zero-order chi connectivity index (χ0) is 25.7. The smallest absolute Gasteiger partial charge is 0.337 e. The molecule has 0 bridgehead atoms. The molecule has 1 aliphatic rings. The number of rotatable bonds is 9. The van der Waals surface area contributed by atoms with Gasteiger partial charge >= 0.3 is 5.97 Å². The lowest BCUT2D eigenvalue weighted by atomic mass is 9.93. The van der Waals surface area contributed by atoms with Crippen molar-refractivity contribution in [1.82, 2.24) is 0 Å². The first-order chi connectivity index (χ1) is 17.4.